The summed E-state index contributed by atoms with van der Waals surface area (Å²) in [7, 11) is -4.34. The average molecular weight is 587 g/mol. The summed E-state index contributed by atoms with van der Waals surface area (Å²) < 4.78 is 92.8. The number of hydrogen-bond donors (Lipinski definition) is 3. The molecular formula is C24H26F4N6O5S. The number of amides is 1. The molecule has 0 atom stereocenters. The van der Waals surface area contributed by atoms with Crippen LogP contribution >= 0.6 is 0 Å². The van der Waals surface area contributed by atoms with Crippen molar-refractivity contribution in [2.75, 3.05) is 18.9 Å². The molecule has 0 unspecified atom stereocenters. The number of pyridine rings is 1. The predicted molar refractivity (Wildman–Crippen MR) is 137 cm³/mol. The van der Waals surface area contributed by atoms with Gasteiger partial charge in [-0.2, -0.15) is 31.3 Å². The molecule has 1 aromatic carbocycles. The molecule has 0 aliphatic rings. The molecule has 4 N–H and O–H groups in total. The Hall–Kier alpha value is -4.05. The highest BCUT2D eigenvalue weighted by atomic mass is 32.2. The Labute approximate surface area is 227 Å². The first-order valence-corrected chi connectivity index (χ1v) is 13.0. The number of hydrogen-bond acceptors (Lipinski definition) is 9. The number of rotatable bonds is 8. The van der Waals surface area contributed by atoms with E-state index in [2.05, 4.69) is 19.7 Å². The maximum Gasteiger partial charge on any atom is 0.433 e. The summed E-state index contributed by atoms with van der Waals surface area (Å²) in [5.41, 5.74) is 4.02. The van der Waals surface area contributed by atoms with Crippen molar-refractivity contribution >= 4 is 22.3 Å². The van der Waals surface area contributed by atoms with E-state index in [1.165, 1.54) is 25.1 Å². The number of nitrogens with one attached hydrogen (secondary N) is 2. The van der Waals surface area contributed by atoms with Crippen LogP contribution in [0.4, 0.5) is 28.3 Å². The molecular weight excluding hydrogens is 560 g/mol. The van der Waals surface area contributed by atoms with Crippen molar-refractivity contribution in [1.29, 1.82) is 0 Å². The lowest BCUT2D eigenvalue weighted by atomic mass is 9.99. The summed E-state index contributed by atoms with van der Waals surface area (Å²) in [6.45, 7) is 5.23. The van der Waals surface area contributed by atoms with E-state index >= 15 is 0 Å². The van der Waals surface area contributed by atoms with Gasteiger partial charge in [0.15, 0.2) is 0 Å². The second-order valence-corrected chi connectivity index (χ2v) is 10.8. The fourth-order valence-corrected chi connectivity index (χ4v) is 4.05. The van der Waals surface area contributed by atoms with Crippen molar-refractivity contribution < 1.29 is 40.2 Å². The third-order valence-corrected chi connectivity index (χ3v) is 5.81. The summed E-state index contributed by atoms with van der Waals surface area (Å²) in [6.07, 6.45) is -5.98. The lowest BCUT2D eigenvalue weighted by molar-refractivity contribution is -0.141. The number of aromatic nitrogens is 3. The predicted octanol–water partition coefficient (Wildman–Crippen LogP) is 3.99. The number of ether oxygens (including phenoxy) is 2. The van der Waals surface area contributed by atoms with E-state index in [0.29, 0.717) is 5.56 Å². The van der Waals surface area contributed by atoms with Gasteiger partial charge in [0.1, 0.15) is 23.7 Å². The van der Waals surface area contributed by atoms with Crippen LogP contribution in [-0.2, 0) is 21.1 Å². The fraction of sp³-hybridized carbons (Fsp3) is 0.333. The summed E-state index contributed by atoms with van der Waals surface area (Å²) in [5, 5.41) is 0. The maximum atomic E-state index is 13.6. The topological polar surface area (TPSA) is 158 Å². The number of aryl methyl sites for hydroxylation is 1. The fourth-order valence-electron chi connectivity index (χ4n) is 3.36. The number of carbonyl (C=O) groups is 1. The molecule has 0 saturated carbocycles. The van der Waals surface area contributed by atoms with Crippen molar-refractivity contribution in [2.45, 2.75) is 39.5 Å². The third kappa shape index (κ3) is 8.47. The second-order valence-electron chi connectivity index (χ2n) is 9.35. The van der Waals surface area contributed by atoms with Crippen LogP contribution < -0.4 is 19.9 Å². The van der Waals surface area contributed by atoms with Gasteiger partial charge < -0.3 is 15.2 Å². The molecule has 0 radical (unpaired) electrons. The SMILES string of the molecule is Cc1cc(-c2c(OCCNS(=O)(=O)NC(=O)OC(C)(C)C)nc(N)nc2-c2ccc(F)cc2)cc(C(F)(F)F)n1. The van der Waals surface area contributed by atoms with Crippen LogP contribution in [0.5, 0.6) is 5.88 Å². The largest absolute Gasteiger partial charge is 0.476 e. The minimum atomic E-state index is -4.77. The van der Waals surface area contributed by atoms with Crippen molar-refractivity contribution in [3.05, 3.63) is 53.6 Å². The van der Waals surface area contributed by atoms with Gasteiger partial charge in [-0.15, -0.1) is 0 Å². The van der Waals surface area contributed by atoms with Crippen molar-refractivity contribution in [3.63, 3.8) is 0 Å². The minimum absolute atomic E-state index is 0.0217. The lowest BCUT2D eigenvalue weighted by Crippen LogP contribution is -2.43. The van der Waals surface area contributed by atoms with Crippen molar-refractivity contribution in [1.82, 2.24) is 24.4 Å². The number of anilines is 1. The van der Waals surface area contributed by atoms with Gasteiger partial charge in [0, 0.05) is 17.8 Å². The van der Waals surface area contributed by atoms with Crippen LogP contribution in [0.2, 0.25) is 0 Å². The van der Waals surface area contributed by atoms with E-state index in [0.717, 1.165) is 18.2 Å². The molecule has 0 aliphatic heterocycles. The molecule has 1 amide bonds. The van der Waals surface area contributed by atoms with Gasteiger partial charge in [-0.3, -0.25) is 0 Å². The van der Waals surface area contributed by atoms with Gasteiger partial charge in [0.05, 0.1) is 11.3 Å². The van der Waals surface area contributed by atoms with Gasteiger partial charge in [-0.25, -0.2) is 23.9 Å². The zero-order chi connectivity index (χ0) is 29.9. The third-order valence-electron chi connectivity index (χ3n) is 4.79. The number of halogens is 4. The Morgan fingerprint density at radius 3 is 2.27 bits per heavy atom. The second kappa shape index (κ2) is 11.6. The lowest BCUT2D eigenvalue weighted by Gasteiger charge is -2.19. The Bertz CT molecular complexity index is 1490. The smallest absolute Gasteiger partial charge is 0.433 e. The molecule has 40 heavy (non-hydrogen) atoms. The number of benzene rings is 1. The zero-order valence-electron chi connectivity index (χ0n) is 21.8. The Morgan fingerprint density at radius 2 is 1.68 bits per heavy atom. The molecule has 3 rings (SSSR count). The van der Waals surface area contributed by atoms with Crippen LogP contribution in [0.15, 0.2) is 36.4 Å². The highest BCUT2D eigenvalue weighted by Gasteiger charge is 2.34. The standard InChI is InChI=1S/C24H26F4N6O5S/c1-13-11-15(12-17(31-13)24(26,27)28)18-19(14-5-7-16(25)8-6-14)32-21(29)33-20(18)38-10-9-30-40(36,37)34-22(35)39-23(2,3)4/h5-8,11-12,30H,9-10H2,1-4H3,(H,34,35)(H2,29,32,33). The normalized spacial score (nSPS) is 12.2. The van der Waals surface area contributed by atoms with Crippen LogP contribution in [0.25, 0.3) is 22.4 Å². The van der Waals surface area contributed by atoms with Gasteiger partial charge in [0.2, 0.25) is 11.8 Å². The van der Waals surface area contributed by atoms with Crippen molar-refractivity contribution in [2.24, 2.45) is 0 Å². The van der Waals surface area contributed by atoms with Crippen LogP contribution in [0, 0.1) is 12.7 Å². The van der Waals surface area contributed by atoms with E-state index in [4.69, 9.17) is 15.2 Å². The minimum Gasteiger partial charge on any atom is -0.476 e. The average Bonchev–Trinajstić information content (AvgIpc) is 2.79. The first-order chi connectivity index (χ1) is 18.4. The van der Waals surface area contributed by atoms with Crippen LogP contribution in [-0.4, -0.2) is 48.2 Å². The summed E-state index contributed by atoms with van der Waals surface area (Å²) in [5.74, 6) is -1.15. The Kier molecular flexibility index (Phi) is 8.84. The van der Waals surface area contributed by atoms with E-state index in [9.17, 15) is 30.8 Å². The Morgan fingerprint density at radius 1 is 1.02 bits per heavy atom. The maximum absolute atomic E-state index is 13.6. The number of carbonyl (C=O) groups excluding carboxylic acids is 1. The quantitative estimate of drug-likeness (QED) is 0.262. The van der Waals surface area contributed by atoms with Crippen molar-refractivity contribution in [3.8, 4) is 28.3 Å². The zero-order valence-corrected chi connectivity index (χ0v) is 22.6. The summed E-state index contributed by atoms with van der Waals surface area (Å²) in [4.78, 5) is 23.5. The van der Waals surface area contributed by atoms with Gasteiger partial charge in [-0.05, 0) is 69.7 Å². The van der Waals surface area contributed by atoms with Gasteiger partial charge in [-0.1, -0.05) is 0 Å². The van der Waals surface area contributed by atoms with E-state index < -0.39 is 52.7 Å². The first-order valence-electron chi connectivity index (χ1n) is 11.6. The molecule has 2 heterocycles. The molecule has 11 nitrogen and oxygen atoms in total. The molecule has 0 fully saturated rings. The summed E-state index contributed by atoms with van der Waals surface area (Å²) in [6, 6.07) is 7.07. The highest BCUT2D eigenvalue weighted by molar-refractivity contribution is 7.88. The molecule has 0 bridgehead atoms. The monoisotopic (exact) mass is 586 g/mol. The summed E-state index contributed by atoms with van der Waals surface area (Å²) >= 11 is 0. The van der Waals surface area contributed by atoms with Crippen LogP contribution in [0.1, 0.15) is 32.2 Å². The number of alkyl halides is 3. The molecule has 3 aromatic rings. The van der Waals surface area contributed by atoms with E-state index in [1.54, 1.807) is 25.5 Å². The van der Waals surface area contributed by atoms with Gasteiger partial charge >= 0.3 is 22.5 Å². The molecule has 2 aromatic heterocycles. The molecule has 0 spiro atoms. The number of nitrogens with two attached hydrogens (primary N) is 1. The van der Waals surface area contributed by atoms with Gasteiger partial charge in [0.25, 0.3) is 0 Å². The Balaban J connectivity index is 1.95. The number of nitrogen functional groups attached to an aromatic ring is 1. The molecule has 0 aliphatic carbocycles. The molecule has 16 heteroatoms. The highest BCUT2D eigenvalue weighted by Crippen LogP contribution is 2.40. The van der Waals surface area contributed by atoms with E-state index in [-0.39, 0.29) is 34.3 Å². The first kappa shape index (κ1) is 30.5. The van der Waals surface area contributed by atoms with E-state index in [1.807, 2.05) is 0 Å². The molecule has 0 saturated heterocycles. The number of nitrogens with zero attached hydrogens (tertiary/aromatic N) is 3. The van der Waals surface area contributed by atoms with Crippen LogP contribution in [0.3, 0.4) is 0 Å². The molecule has 216 valence electrons.